The predicted octanol–water partition coefficient (Wildman–Crippen LogP) is 4.04. The molecule has 2 heterocycles. The Morgan fingerprint density at radius 3 is 2.70 bits per heavy atom. The van der Waals surface area contributed by atoms with E-state index in [0.717, 1.165) is 45.5 Å². The summed E-state index contributed by atoms with van der Waals surface area (Å²) in [7, 11) is 0. The van der Waals surface area contributed by atoms with Gasteiger partial charge in [0, 0.05) is 24.7 Å². The molecule has 120 valence electrons. The van der Waals surface area contributed by atoms with Gasteiger partial charge in [0.15, 0.2) is 0 Å². The third-order valence-electron chi connectivity index (χ3n) is 3.59. The lowest BCUT2D eigenvalue weighted by Crippen LogP contribution is -2.26. The monoisotopic (exact) mass is 347 g/mol. The average molecular weight is 348 g/mol. The van der Waals surface area contributed by atoms with Crippen LogP contribution in [-0.4, -0.2) is 28.2 Å². The number of aromatic nitrogens is 2. The van der Waals surface area contributed by atoms with E-state index in [0.29, 0.717) is 6.42 Å². The average Bonchev–Trinajstić information content (AvgIpc) is 3.00. The summed E-state index contributed by atoms with van der Waals surface area (Å²) in [6.07, 6.45) is 0.697. The summed E-state index contributed by atoms with van der Waals surface area (Å²) in [5.41, 5.74) is 1.16. The maximum atomic E-state index is 9.22. The Morgan fingerprint density at radius 1 is 1.17 bits per heavy atom. The highest BCUT2D eigenvalue weighted by molar-refractivity contribution is 7.16. The molecule has 1 N–H and O–H groups in total. The van der Waals surface area contributed by atoms with Gasteiger partial charge >= 0.3 is 0 Å². The van der Waals surface area contributed by atoms with Crippen molar-refractivity contribution in [1.29, 1.82) is 0 Å². The second kappa shape index (κ2) is 7.25. The highest BCUT2D eigenvalue weighted by Gasteiger charge is 2.15. The molecule has 2 aromatic heterocycles. The number of aliphatic hydroxyl groups is 1. The maximum absolute atomic E-state index is 9.22. The molecule has 0 saturated heterocycles. The van der Waals surface area contributed by atoms with Crippen molar-refractivity contribution in [3.8, 4) is 0 Å². The lowest BCUT2D eigenvalue weighted by molar-refractivity contribution is 0.289. The van der Waals surface area contributed by atoms with E-state index in [9.17, 15) is 5.11 Å². The van der Waals surface area contributed by atoms with Crippen LogP contribution in [0.5, 0.6) is 0 Å². The van der Waals surface area contributed by atoms with Crippen molar-refractivity contribution in [1.82, 2.24) is 9.97 Å². The van der Waals surface area contributed by atoms with E-state index in [1.807, 2.05) is 36.6 Å². The summed E-state index contributed by atoms with van der Waals surface area (Å²) in [5.74, 6) is 1.69. The minimum Gasteiger partial charge on any atom is -0.396 e. The Labute approximate surface area is 144 Å². The van der Waals surface area contributed by atoms with Gasteiger partial charge in [-0.1, -0.05) is 23.7 Å². The molecule has 3 rings (SSSR count). The molecular weight excluding hydrogens is 330 g/mol. The Kier molecular flexibility index (Phi) is 5.10. The van der Waals surface area contributed by atoms with Gasteiger partial charge in [0.25, 0.3) is 0 Å². The standard InChI is InChI=1S/C17H18ClN3OS/c1-12-19-16(15-7-10-23-17(15)20-12)21(8-2-9-22)11-13-3-5-14(18)6-4-13/h3-7,10,22H,2,8-9,11H2,1H3. The van der Waals surface area contributed by atoms with Crippen molar-refractivity contribution in [2.24, 2.45) is 0 Å². The summed E-state index contributed by atoms with van der Waals surface area (Å²) in [4.78, 5) is 12.3. The molecule has 0 aliphatic rings. The first-order valence-corrected chi connectivity index (χ1v) is 8.75. The second-order valence-corrected chi connectivity index (χ2v) is 6.69. The van der Waals surface area contributed by atoms with Crippen molar-refractivity contribution in [3.05, 3.63) is 52.1 Å². The van der Waals surface area contributed by atoms with Gasteiger partial charge in [-0.25, -0.2) is 9.97 Å². The van der Waals surface area contributed by atoms with Crippen LogP contribution >= 0.6 is 22.9 Å². The molecule has 3 aromatic rings. The fourth-order valence-electron chi connectivity index (χ4n) is 2.52. The number of thiophene rings is 1. The van der Waals surface area contributed by atoms with E-state index in [1.54, 1.807) is 11.3 Å². The number of rotatable bonds is 6. The van der Waals surface area contributed by atoms with E-state index in [1.165, 1.54) is 0 Å². The smallest absolute Gasteiger partial charge is 0.141 e. The molecule has 0 unspecified atom stereocenters. The van der Waals surface area contributed by atoms with Crippen LogP contribution in [-0.2, 0) is 6.54 Å². The number of benzene rings is 1. The number of fused-ring (bicyclic) bond motifs is 1. The van der Waals surface area contributed by atoms with Crippen LogP contribution in [0.15, 0.2) is 35.7 Å². The Bertz CT molecular complexity index is 788. The van der Waals surface area contributed by atoms with Crippen molar-refractivity contribution >= 4 is 39.0 Å². The third-order valence-corrected chi connectivity index (χ3v) is 4.65. The first-order valence-electron chi connectivity index (χ1n) is 7.49. The summed E-state index contributed by atoms with van der Waals surface area (Å²) in [6.45, 7) is 3.53. The van der Waals surface area contributed by atoms with Gasteiger partial charge in [-0.15, -0.1) is 11.3 Å². The Hall–Kier alpha value is -1.69. The topological polar surface area (TPSA) is 49.2 Å². The number of hydrogen-bond donors (Lipinski definition) is 1. The first kappa shape index (κ1) is 16.2. The molecule has 0 aliphatic heterocycles. The van der Waals surface area contributed by atoms with Crippen molar-refractivity contribution in [2.45, 2.75) is 19.9 Å². The minimum atomic E-state index is 0.161. The molecule has 0 bridgehead atoms. The molecule has 0 fully saturated rings. The number of nitrogens with zero attached hydrogens (tertiary/aromatic N) is 3. The Morgan fingerprint density at radius 2 is 1.96 bits per heavy atom. The zero-order valence-corrected chi connectivity index (χ0v) is 14.4. The molecule has 0 amide bonds. The zero-order valence-electron chi connectivity index (χ0n) is 12.9. The van der Waals surface area contributed by atoms with Gasteiger partial charge in [-0.05, 0) is 42.5 Å². The number of halogens is 1. The van der Waals surface area contributed by atoms with Gasteiger partial charge in [0.2, 0.25) is 0 Å². The summed E-state index contributed by atoms with van der Waals surface area (Å²) >= 11 is 7.59. The molecule has 0 atom stereocenters. The lowest BCUT2D eigenvalue weighted by Gasteiger charge is -2.24. The van der Waals surface area contributed by atoms with Crippen LogP contribution in [0, 0.1) is 6.92 Å². The second-order valence-electron chi connectivity index (χ2n) is 5.36. The Balaban J connectivity index is 1.96. The van der Waals surface area contributed by atoms with Gasteiger partial charge in [0.05, 0.1) is 5.39 Å². The molecular formula is C17H18ClN3OS. The van der Waals surface area contributed by atoms with Crippen LogP contribution in [0.2, 0.25) is 5.02 Å². The van der Waals surface area contributed by atoms with Crippen LogP contribution in [0.4, 0.5) is 5.82 Å². The predicted molar refractivity (Wildman–Crippen MR) is 96.4 cm³/mol. The van der Waals surface area contributed by atoms with Crippen molar-refractivity contribution in [3.63, 3.8) is 0 Å². The fourth-order valence-corrected chi connectivity index (χ4v) is 3.45. The van der Waals surface area contributed by atoms with E-state index in [4.69, 9.17) is 11.6 Å². The number of anilines is 1. The number of aryl methyl sites for hydroxylation is 1. The van der Waals surface area contributed by atoms with Gasteiger partial charge in [-0.2, -0.15) is 0 Å². The molecule has 1 aromatic carbocycles. The van der Waals surface area contributed by atoms with E-state index < -0.39 is 0 Å². The van der Waals surface area contributed by atoms with Crippen LogP contribution in [0.1, 0.15) is 17.8 Å². The molecule has 0 aliphatic carbocycles. The van der Waals surface area contributed by atoms with Crippen LogP contribution < -0.4 is 4.90 Å². The van der Waals surface area contributed by atoms with Crippen molar-refractivity contribution < 1.29 is 5.11 Å². The lowest BCUT2D eigenvalue weighted by atomic mass is 10.2. The SMILES string of the molecule is Cc1nc(N(CCCO)Cc2ccc(Cl)cc2)c2ccsc2n1. The fraction of sp³-hybridized carbons (Fsp3) is 0.294. The molecule has 4 nitrogen and oxygen atoms in total. The molecule has 6 heteroatoms. The third kappa shape index (κ3) is 3.80. The summed E-state index contributed by atoms with van der Waals surface area (Å²) in [5, 5.41) is 13.0. The van der Waals surface area contributed by atoms with Crippen LogP contribution in [0.3, 0.4) is 0 Å². The minimum absolute atomic E-state index is 0.161. The van der Waals surface area contributed by atoms with E-state index >= 15 is 0 Å². The van der Waals surface area contributed by atoms with E-state index in [-0.39, 0.29) is 6.61 Å². The molecule has 0 spiro atoms. The first-order chi connectivity index (χ1) is 11.2. The quantitative estimate of drug-likeness (QED) is 0.731. The number of hydrogen-bond acceptors (Lipinski definition) is 5. The summed E-state index contributed by atoms with van der Waals surface area (Å²) < 4.78 is 0. The van der Waals surface area contributed by atoms with Gasteiger partial charge in [0.1, 0.15) is 16.5 Å². The van der Waals surface area contributed by atoms with E-state index in [2.05, 4.69) is 20.9 Å². The summed E-state index contributed by atoms with van der Waals surface area (Å²) in [6, 6.07) is 9.89. The zero-order chi connectivity index (χ0) is 16.2. The number of aliphatic hydroxyl groups excluding tert-OH is 1. The van der Waals surface area contributed by atoms with Gasteiger partial charge in [-0.3, -0.25) is 0 Å². The maximum Gasteiger partial charge on any atom is 0.141 e. The van der Waals surface area contributed by atoms with Crippen LogP contribution in [0.25, 0.3) is 10.2 Å². The normalized spacial score (nSPS) is 11.1. The highest BCUT2D eigenvalue weighted by atomic mass is 35.5. The largest absolute Gasteiger partial charge is 0.396 e. The molecule has 0 radical (unpaired) electrons. The van der Waals surface area contributed by atoms with Gasteiger partial charge < -0.3 is 10.0 Å². The van der Waals surface area contributed by atoms with Crippen molar-refractivity contribution in [2.75, 3.05) is 18.1 Å². The molecule has 0 saturated carbocycles. The highest BCUT2D eigenvalue weighted by Crippen LogP contribution is 2.29. The molecule has 23 heavy (non-hydrogen) atoms.